The van der Waals surface area contributed by atoms with Gasteiger partial charge in [0, 0.05) is 0 Å². The Hall–Kier alpha value is -1.21. The van der Waals surface area contributed by atoms with Crippen molar-refractivity contribution >= 4 is 10.1 Å². The lowest BCUT2D eigenvalue weighted by Crippen LogP contribution is -2.73. The molecule has 20 heteroatoms. The summed E-state index contributed by atoms with van der Waals surface area (Å²) in [6.07, 6.45) is -13.5. The average Bonchev–Trinajstić information content (AvgIpc) is 2.42. The Morgan fingerprint density at radius 3 is 1.11 bits per heavy atom. The maximum Gasteiger partial charge on any atom is 0.438 e. The molecule has 0 aliphatic heterocycles. The van der Waals surface area contributed by atoms with Crippen molar-refractivity contribution in [1.82, 2.24) is 0 Å². The fourth-order valence-corrected chi connectivity index (χ4v) is 1.77. The van der Waals surface area contributed by atoms with Crippen molar-refractivity contribution in [2.24, 2.45) is 0 Å². The molecule has 0 aromatic carbocycles. The van der Waals surface area contributed by atoms with Crippen molar-refractivity contribution in [3.8, 4) is 0 Å². The minimum absolute atomic E-state index is 6.38. The second-order valence-electron chi connectivity index (χ2n) is 4.82. The standard InChI is InChI=1S/C8H2F16O3S/c9-1(3(12,13)14)2(10,11)4(15,16)5(17,18)6(19,20)7(21,22)8(23,24)28(25,26)27/h1H,(H,25,26,27). The Morgan fingerprint density at radius 1 is 0.571 bits per heavy atom. The maximum absolute atomic E-state index is 13.0. The van der Waals surface area contributed by atoms with Crippen LogP contribution in [-0.2, 0) is 10.1 Å². The molecule has 0 radical (unpaired) electrons. The molecule has 0 aromatic rings. The highest BCUT2D eigenvalue weighted by Crippen LogP contribution is 2.62. The van der Waals surface area contributed by atoms with Gasteiger partial charge < -0.3 is 0 Å². The molecule has 3 nitrogen and oxygen atoms in total. The van der Waals surface area contributed by atoms with E-state index >= 15 is 0 Å². The molecule has 170 valence electrons. The van der Waals surface area contributed by atoms with Gasteiger partial charge in [0.2, 0.25) is 0 Å². The summed E-state index contributed by atoms with van der Waals surface area (Å²) in [5.41, 5.74) is 0. The van der Waals surface area contributed by atoms with Crippen LogP contribution < -0.4 is 0 Å². The first-order valence-corrected chi connectivity index (χ1v) is 7.04. The summed E-state index contributed by atoms with van der Waals surface area (Å²) < 4.78 is 230. The van der Waals surface area contributed by atoms with Crippen molar-refractivity contribution in [3.63, 3.8) is 0 Å². The molecular weight excluding hydrogens is 480 g/mol. The van der Waals surface area contributed by atoms with Crippen LogP contribution in [0.4, 0.5) is 70.2 Å². The van der Waals surface area contributed by atoms with E-state index in [0.717, 1.165) is 0 Å². The van der Waals surface area contributed by atoms with E-state index in [2.05, 4.69) is 0 Å². The Balaban J connectivity index is 6.72. The molecule has 0 saturated heterocycles. The van der Waals surface area contributed by atoms with Crippen molar-refractivity contribution < 1.29 is 83.2 Å². The lowest BCUT2D eigenvalue weighted by molar-refractivity contribution is -0.429. The average molecular weight is 482 g/mol. The topological polar surface area (TPSA) is 54.4 Å². The molecule has 0 saturated carbocycles. The Bertz CT molecular complexity index is 691. The summed E-state index contributed by atoms with van der Waals surface area (Å²) in [6.45, 7) is 0. The van der Waals surface area contributed by atoms with Crippen LogP contribution in [-0.4, -0.2) is 60.2 Å². The predicted molar refractivity (Wildman–Crippen MR) is 52.2 cm³/mol. The zero-order chi connectivity index (χ0) is 23.6. The Kier molecular flexibility index (Phi) is 6.12. The molecule has 0 rings (SSSR count). The minimum Gasteiger partial charge on any atom is -0.281 e. The molecule has 0 amide bonds. The van der Waals surface area contributed by atoms with Gasteiger partial charge in [0.05, 0.1) is 0 Å². The third-order valence-corrected chi connectivity index (χ3v) is 3.80. The second-order valence-corrected chi connectivity index (χ2v) is 6.28. The van der Waals surface area contributed by atoms with Crippen molar-refractivity contribution in [2.75, 3.05) is 0 Å². The lowest BCUT2D eigenvalue weighted by Gasteiger charge is -2.41. The van der Waals surface area contributed by atoms with Gasteiger partial charge in [-0.3, -0.25) is 4.55 Å². The number of alkyl halides is 16. The van der Waals surface area contributed by atoms with Crippen LogP contribution in [0.1, 0.15) is 0 Å². The SMILES string of the molecule is O=S(=O)(O)C(F)(F)C(F)(F)C(F)(F)C(F)(F)C(F)(F)C(F)(F)C(F)C(F)(F)F. The molecule has 1 atom stereocenters. The van der Waals surface area contributed by atoms with Gasteiger partial charge in [0.1, 0.15) is 0 Å². The predicted octanol–water partition coefficient (Wildman–Crippen LogP) is 4.54. The quantitative estimate of drug-likeness (QED) is 0.429. The van der Waals surface area contributed by atoms with E-state index in [4.69, 9.17) is 4.55 Å². The Morgan fingerprint density at radius 2 is 0.857 bits per heavy atom. The molecule has 0 bridgehead atoms. The summed E-state index contributed by atoms with van der Waals surface area (Å²) in [6, 6.07) is 0. The van der Waals surface area contributed by atoms with Gasteiger partial charge >= 0.3 is 51.2 Å². The fourth-order valence-electron chi connectivity index (χ4n) is 1.31. The summed E-state index contributed by atoms with van der Waals surface area (Å²) in [4.78, 5) is 0. The van der Waals surface area contributed by atoms with Gasteiger partial charge in [-0.2, -0.15) is 74.3 Å². The number of rotatable bonds is 7. The summed E-state index contributed by atoms with van der Waals surface area (Å²) in [7, 11) is -7.81. The van der Waals surface area contributed by atoms with Gasteiger partial charge in [-0.1, -0.05) is 0 Å². The molecule has 0 aliphatic rings. The minimum atomic E-state index is -8.63. The molecule has 0 fully saturated rings. The molecular formula is C8H2F16O3S. The van der Waals surface area contributed by atoms with Crippen molar-refractivity contribution in [1.29, 1.82) is 0 Å². The van der Waals surface area contributed by atoms with E-state index in [1.807, 2.05) is 0 Å². The fraction of sp³-hybridized carbons (Fsp3) is 1.00. The van der Waals surface area contributed by atoms with Gasteiger partial charge in [-0.25, -0.2) is 4.39 Å². The highest BCUT2D eigenvalue weighted by Gasteiger charge is 2.93. The van der Waals surface area contributed by atoms with E-state index in [-0.39, 0.29) is 0 Å². The zero-order valence-corrected chi connectivity index (χ0v) is 12.6. The van der Waals surface area contributed by atoms with E-state index < -0.39 is 57.3 Å². The van der Waals surface area contributed by atoms with Crippen LogP contribution in [0.25, 0.3) is 0 Å². The first-order chi connectivity index (χ1) is 11.7. The van der Waals surface area contributed by atoms with Crippen LogP contribution >= 0.6 is 0 Å². The summed E-state index contributed by atoms with van der Waals surface area (Å²) >= 11 is 0. The van der Waals surface area contributed by atoms with E-state index in [1.165, 1.54) is 0 Å². The number of hydrogen-bond donors (Lipinski definition) is 1. The molecule has 28 heavy (non-hydrogen) atoms. The molecule has 0 aromatic heterocycles. The van der Waals surface area contributed by atoms with E-state index in [1.54, 1.807) is 0 Å². The third-order valence-electron chi connectivity index (χ3n) is 2.90. The molecule has 0 heterocycles. The van der Waals surface area contributed by atoms with E-state index in [9.17, 15) is 78.7 Å². The Labute approximate surface area is 142 Å². The number of hydrogen-bond acceptors (Lipinski definition) is 2. The maximum atomic E-state index is 13.0. The first kappa shape index (κ1) is 26.8. The first-order valence-electron chi connectivity index (χ1n) is 5.60. The third kappa shape index (κ3) is 3.34. The van der Waals surface area contributed by atoms with Crippen molar-refractivity contribution in [2.45, 2.75) is 47.2 Å². The normalized spacial score (nSPS) is 17.6. The highest BCUT2D eigenvalue weighted by molar-refractivity contribution is 7.87. The van der Waals surface area contributed by atoms with Crippen LogP contribution in [0.15, 0.2) is 0 Å². The summed E-state index contributed by atoms with van der Waals surface area (Å²) in [5, 5.41) is -7.74. The highest BCUT2D eigenvalue weighted by atomic mass is 32.2. The van der Waals surface area contributed by atoms with Crippen LogP contribution in [0.2, 0.25) is 0 Å². The van der Waals surface area contributed by atoms with Gasteiger partial charge in [0.25, 0.3) is 6.17 Å². The molecule has 1 unspecified atom stereocenters. The van der Waals surface area contributed by atoms with Crippen molar-refractivity contribution in [3.05, 3.63) is 0 Å². The molecule has 0 spiro atoms. The van der Waals surface area contributed by atoms with Gasteiger partial charge in [0.15, 0.2) is 0 Å². The monoisotopic (exact) mass is 482 g/mol. The van der Waals surface area contributed by atoms with Gasteiger partial charge in [-0.05, 0) is 0 Å². The van der Waals surface area contributed by atoms with Gasteiger partial charge in [-0.15, -0.1) is 0 Å². The lowest BCUT2D eigenvalue weighted by atomic mass is 9.92. The van der Waals surface area contributed by atoms with E-state index in [0.29, 0.717) is 0 Å². The second kappa shape index (κ2) is 6.39. The molecule has 1 N–H and O–H groups in total. The largest absolute Gasteiger partial charge is 0.438 e. The zero-order valence-electron chi connectivity index (χ0n) is 11.8. The molecule has 0 aliphatic carbocycles. The smallest absolute Gasteiger partial charge is 0.281 e. The van der Waals surface area contributed by atoms with Crippen LogP contribution in [0.3, 0.4) is 0 Å². The van der Waals surface area contributed by atoms with Crippen LogP contribution in [0, 0.1) is 0 Å². The summed E-state index contributed by atoms with van der Waals surface area (Å²) in [5.74, 6) is -41.9. The van der Waals surface area contributed by atoms with Crippen LogP contribution in [0.5, 0.6) is 0 Å². The number of halogens is 16.